The lowest BCUT2D eigenvalue weighted by molar-refractivity contribution is -0.123. The Labute approximate surface area is 125 Å². The van der Waals surface area contributed by atoms with E-state index in [1.807, 2.05) is 0 Å². The second-order valence-corrected chi connectivity index (χ2v) is 6.04. The number of benzene rings is 1. The van der Waals surface area contributed by atoms with Crippen molar-refractivity contribution in [1.29, 1.82) is 0 Å². The van der Waals surface area contributed by atoms with Crippen LogP contribution in [0, 0.1) is 0 Å². The van der Waals surface area contributed by atoms with Crippen LogP contribution in [0.4, 0.5) is 0 Å². The van der Waals surface area contributed by atoms with Gasteiger partial charge in [0.05, 0.1) is 18.8 Å². The number of nitrogens with one attached hydrogen (secondary N) is 1. The summed E-state index contributed by atoms with van der Waals surface area (Å²) < 4.78 is 5.35. The van der Waals surface area contributed by atoms with Gasteiger partial charge in [0.15, 0.2) is 0 Å². The Morgan fingerprint density at radius 3 is 2.43 bits per heavy atom. The Kier molecular flexibility index (Phi) is 4.24. The summed E-state index contributed by atoms with van der Waals surface area (Å²) in [6, 6.07) is 8.41. The van der Waals surface area contributed by atoms with E-state index in [9.17, 15) is 4.79 Å². The highest BCUT2D eigenvalue weighted by Gasteiger charge is 2.45. The number of amides is 1. The number of carbonyl (C=O) groups excluding carboxylic acids is 1. The minimum atomic E-state index is -0.587. The van der Waals surface area contributed by atoms with E-state index in [1.165, 1.54) is 5.56 Å². The Morgan fingerprint density at radius 1 is 1.19 bits per heavy atom. The molecule has 5 nitrogen and oxygen atoms in total. The predicted molar refractivity (Wildman–Crippen MR) is 80.5 cm³/mol. The third-order valence-corrected chi connectivity index (χ3v) is 4.23. The van der Waals surface area contributed by atoms with Gasteiger partial charge in [-0.3, -0.25) is 9.69 Å². The molecule has 21 heavy (non-hydrogen) atoms. The molecule has 1 aliphatic carbocycles. The van der Waals surface area contributed by atoms with Gasteiger partial charge in [0, 0.05) is 26.2 Å². The van der Waals surface area contributed by atoms with Gasteiger partial charge >= 0.3 is 0 Å². The number of nitrogens with two attached hydrogens (primary N) is 1. The number of hydrogen-bond donors (Lipinski definition) is 2. The molecule has 3 N–H and O–H groups in total. The highest BCUT2D eigenvalue weighted by atomic mass is 16.5. The summed E-state index contributed by atoms with van der Waals surface area (Å²) in [5.41, 5.74) is 7.67. The molecule has 2 aliphatic rings. The van der Waals surface area contributed by atoms with E-state index in [4.69, 9.17) is 10.5 Å². The number of hydrogen-bond acceptors (Lipinski definition) is 4. The topological polar surface area (TPSA) is 67.6 Å². The van der Waals surface area contributed by atoms with E-state index in [-0.39, 0.29) is 5.91 Å². The molecule has 1 amide bonds. The second kappa shape index (κ2) is 6.13. The summed E-state index contributed by atoms with van der Waals surface area (Å²) in [5.74, 6) is -0.0279. The van der Waals surface area contributed by atoms with Crippen LogP contribution in [0.25, 0.3) is 0 Å². The lowest BCUT2D eigenvalue weighted by Gasteiger charge is -2.26. The highest BCUT2D eigenvalue weighted by molar-refractivity contribution is 5.88. The van der Waals surface area contributed by atoms with Crippen molar-refractivity contribution in [2.45, 2.75) is 31.5 Å². The zero-order chi connectivity index (χ0) is 14.7. The van der Waals surface area contributed by atoms with E-state index in [0.29, 0.717) is 6.54 Å². The van der Waals surface area contributed by atoms with Crippen molar-refractivity contribution >= 4 is 5.91 Å². The fourth-order valence-electron chi connectivity index (χ4n) is 2.50. The first kappa shape index (κ1) is 14.5. The van der Waals surface area contributed by atoms with Crippen LogP contribution in [0.3, 0.4) is 0 Å². The van der Waals surface area contributed by atoms with E-state index in [1.54, 1.807) is 0 Å². The Hall–Kier alpha value is -1.43. The largest absolute Gasteiger partial charge is 0.379 e. The molecule has 3 rings (SSSR count). The van der Waals surface area contributed by atoms with Gasteiger partial charge in [0.1, 0.15) is 0 Å². The van der Waals surface area contributed by atoms with Crippen LogP contribution in [-0.4, -0.2) is 42.6 Å². The molecule has 0 radical (unpaired) electrons. The van der Waals surface area contributed by atoms with E-state index < -0.39 is 5.54 Å². The number of ether oxygens (including phenoxy) is 1. The first-order valence-corrected chi connectivity index (χ1v) is 7.61. The predicted octanol–water partition coefficient (Wildman–Crippen LogP) is 0.626. The van der Waals surface area contributed by atoms with Crippen molar-refractivity contribution in [3.63, 3.8) is 0 Å². The first-order valence-electron chi connectivity index (χ1n) is 7.61. The van der Waals surface area contributed by atoms with E-state index in [2.05, 4.69) is 34.5 Å². The van der Waals surface area contributed by atoms with Gasteiger partial charge < -0.3 is 15.8 Å². The number of morpholine rings is 1. The zero-order valence-electron chi connectivity index (χ0n) is 12.3. The van der Waals surface area contributed by atoms with Gasteiger partial charge in [0.25, 0.3) is 0 Å². The molecule has 0 unspecified atom stereocenters. The summed E-state index contributed by atoms with van der Waals surface area (Å²) in [6.07, 6.45) is 1.61. The summed E-state index contributed by atoms with van der Waals surface area (Å²) in [7, 11) is 0. The summed E-state index contributed by atoms with van der Waals surface area (Å²) in [6.45, 7) is 5.15. The van der Waals surface area contributed by atoms with Crippen LogP contribution >= 0.6 is 0 Å². The standard InChI is InChI=1S/C16H23N3O2/c17-16(5-6-16)15(20)18-11-13-1-3-14(4-2-13)12-19-7-9-21-10-8-19/h1-4H,5-12,17H2,(H,18,20). The summed E-state index contributed by atoms with van der Waals surface area (Å²) in [5, 5.41) is 2.91. The van der Waals surface area contributed by atoms with Gasteiger partial charge in [-0.25, -0.2) is 0 Å². The van der Waals surface area contributed by atoms with E-state index in [0.717, 1.165) is 51.3 Å². The molecule has 0 atom stereocenters. The smallest absolute Gasteiger partial charge is 0.240 e. The van der Waals surface area contributed by atoms with Crippen LogP contribution in [0.15, 0.2) is 24.3 Å². The molecular formula is C16H23N3O2. The molecule has 1 aromatic carbocycles. The van der Waals surface area contributed by atoms with Crippen molar-refractivity contribution in [1.82, 2.24) is 10.2 Å². The van der Waals surface area contributed by atoms with Crippen molar-refractivity contribution in [3.05, 3.63) is 35.4 Å². The van der Waals surface area contributed by atoms with Crippen LogP contribution in [0.5, 0.6) is 0 Å². The average Bonchev–Trinajstić information content (AvgIpc) is 3.26. The maximum atomic E-state index is 11.8. The van der Waals surface area contributed by atoms with Gasteiger partial charge in [0.2, 0.25) is 5.91 Å². The molecule has 2 fully saturated rings. The van der Waals surface area contributed by atoms with Crippen molar-refractivity contribution in [2.75, 3.05) is 26.3 Å². The zero-order valence-corrected chi connectivity index (χ0v) is 12.3. The number of carbonyl (C=O) groups is 1. The molecule has 1 saturated carbocycles. The van der Waals surface area contributed by atoms with Gasteiger partial charge in [-0.15, -0.1) is 0 Å². The van der Waals surface area contributed by atoms with Crippen LogP contribution in [0.1, 0.15) is 24.0 Å². The molecule has 0 aromatic heterocycles. The Bertz CT molecular complexity index is 491. The highest BCUT2D eigenvalue weighted by Crippen LogP contribution is 2.32. The monoisotopic (exact) mass is 289 g/mol. The molecule has 1 aliphatic heterocycles. The van der Waals surface area contributed by atoms with Crippen molar-refractivity contribution < 1.29 is 9.53 Å². The summed E-state index contributed by atoms with van der Waals surface area (Å²) in [4.78, 5) is 14.2. The lowest BCUT2D eigenvalue weighted by Crippen LogP contribution is -2.42. The van der Waals surface area contributed by atoms with Crippen LogP contribution in [-0.2, 0) is 22.6 Å². The number of rotatable bonds is 5. The lowest BCUT2D eigenvalue weighted by atomic mass is 10.1. The Balaban J connectivity index is 1.48. The Morgan fingerprint density at radius 2 is 1.81 bits per heavy atom. The minimum absolute atomic E-state index is 0.0279. The minimum Gasteiger partial charge on any atom is -0.379 e. The molecular weight excluding hydrogens is 266 g/mol. The molecule has 1 heterocycles. The summed E-state index contributed by atoms with van der Waals surface area (Å²) >= 11 is 0. The van der Waals surface area contributed by atoms with Gasteiger partial charge in [-0.05, 0) is 24.0 Å². The molecule has 1 aromatic rings. The second-order valence-electron chi connectivity index (χ2n) is 6.04. The van der Waals surface area contributed by atoms with Gasteiger partial charge in [-0.2, -0.15) is 0 Å². The normalized spacial score (nSPS) is 21.0. The van der Waals surface area contributed by atoms with Gasteiger partial charge in [-0.1, -0.05) is 24.3 Å². The molecule has 1 saturated heterocycles. The maximum absolute atomic E-state index is 11.8. The molecule has 0 bridgehead atoms. The third-order valence-electron chi connectivity index (χ3n) is 4.23. The quantitative estimate of drug-likeness (QED) is 0.834. The molecule has 114 valence electrons. The molecule has 5 heteroatoms. The fourth-order valence-corrected chi connectivity index (χ4v) is 2.50. The first-order chi connectivity index (χ1) is 10.2. The van der Waals surface area contributed by atoms with Crippen LogP contribution < -0.4 is 11.1 Å². The van der Waals surface area contributed by atoms with Crippen LogP contribution in [0.2, 0.25) is 0 Å². The molecule has 0 spiro atoms. The third kappa shape index (κ3) is 3.81. The number of nitrogens with zero attached hydrogens (tertiary/aromatic N) is 1. The van der Waals surface area contributed by atoms with Crippen molar-refractivity contribution in [3.8, 4) is 0 Å². The SMILES string of the molecule is NC1(C(=O)NCc2ccc(CN3CCOCC3)cc2)CC1. The van der Waals surface area contributed by atoms with E-state index >= 15 is 0 Å². The van der Waals surface area contributed by atoms with Crippen molar-refractivity contribution in [2.24, 2.45) is 5.73 Å². The fraction of sp³-hybridized carbons (Fsp3) is 0.562. The maximum Gasteiger partial charge on any atom is 0.240 e. The average molecular weight is 289 g/mol.